The van der Waals surface area contributed by atoms with Crippen molar-refractivity contribution in [2.75, 3.05) is 0 Å². The van der Waals surface area contributed by atoms with Crippen LogP contribution in [0.3, 0.4) is 0 Å². The van der Waals surface area contributed by atoms with Crippen molar-refractivity contribution in [3.63, 3.8) is 0 Å². The first-order valence-corrected chi connectivity index (χ1v) is 13.7. The molecule has 0 aliphatic heterocycles. The van der Waals surface area contributed by atoms with E-state index in [1.165, 1.54) is 103 Å². The molecule has 0 spiro atoms. The maximum absolute atomic E-state index is 3.73. The normalized spacial score (nSPS) is 28.1. The van der Waals surface area contributed by atoms with E-state index >= 15 is 0 Å². The van der Waals surface area contributed by atoms with Gasteiger partial charge in [-0.1, -0.05) is 130 Å². The summed E-state index contributed by atoms with van der Waals surface area (Å²) in [5.41, 5.74) is 0.631. The van der Waals surface area contributed by atoms with Crippen LogP contribution in [0.5, 0.6) is 0 Å². The lowest BCUT2D eigenvalue weighted by molar-refractivity contribution is 0.0507. The van der Waals surface area contributed by atoms with Crippen molar-refractivity contribution in [3.8, 4) is 0 Å². The minimum absolute atomic E-state index is 0.631. The first kappa shape index (κ1) is 27.5. The summed E-state index contributed by atoms with van der Waals surface area (Å²) in [6, 6.07) is 0. The third-order valence-corrected chi connectivity index (χ3v) is 8.31. The molecular formula is C30H56. The maximum atomic E-state index is 3.73. The molecule has 0 aromatic heterocycles. The highest BCUT2D eigenvalue weighted by molar-refractivity contribution is 4.96. The first-order chi connectivity index (χ1) is 14.4. The van der Waals surface area contributed by atoms with Crippen LogP contribution in [0.4, 0.5) is 0 Å². The SMILES string of the molecule is C=C/C=C\CCC(C)CCCCCCCCCCCC1(C)CC(C)C(C)C(CC)C1. The van der Waals surface area contributed by atoms with Gasteiger partial charge in [0.2, 0.25) is 0 Å². The molecule has 0 nitrogen and oxygen atoms in total. The van der Waals surface area contributed by atoms with E-state index in [4.69, 9.17) is 0 Å². The summed E-state index contributed by atoms with van der Waals surface area (Å²) >= 11 is 0. The van der Waals surface area contributed by atoms with E-state index in [9.17, 15) is 0 Å². The Kier molecular flexibility index (Phi) is 14.8. The predicted molar refractivity (Wildman–Crippen MR) is 138 cm³/mol. The molecule has 1 fully saturated rings. The van der Waals surface area contributed by atoms with Crippen molar-refractivity contribution in [2.24, 2.45) is 29.1 Å². The lowest BCUT2D eigenvalue weighted by Gasteiger charge is -2.45. The summed E-state index contributed by atoms with van der Waals surface area (Å²) in [6.45, 7) is 16.2. The van der Waals surface area contributed by atoms with E-state index in [0.717, 1.165) is 23.7 Å². The summed E-state index contributed by atoms with van der Waals surface area (Å²) in [7, 11) is 0. The second-order valence-electron chi connectivity index (χ2n) is 11.3. The molecule has 1 rings (SSSR count). The quantitative estimate of drug-likeness (QED) is 0.163. The number of unbranched alkanes of at least 4 members (excludes halogenated alkanes) is 8. The van der Waals surface area contributed by atoms with Crippen LogP contribution < -0.4 is 0 Å². The first-order valence-electron chi connectivity index (χ1n) is 13.7. The van der Waals surface area contributed by atoms with Gasteiger partial charge in [-0.2, -0.15) is 0 Å². The number of hydrogen-bond donors (Lipinski definition) is 0. The predicted octanol–water partition coefficient (Wildman–Crippen LogP) is 10.5. The molecule has 0 saturated heterocycles. The molecule has 5 atom stereocenters. The molecule has 0 amide bonds. The van der Waals surface area contributed by atoms with Crippen LogP contribution in [0.1, 0.15) is 137 Å². The zero-order valence-corrected chi connectivity index (χ0v) is 21.6. The Hall–Kier alpha value is -0.520. The van der Waals surface area contributed by atoms with Gasteiger partial charge in [-0.25, -0.2) is 0 Å². The van der Waals surface area contributed by atoms with Crippen molar-refractivity contribution in [1.29, 1.82) is 0 Å². The molecule has 1 aliphatic rings. The van der Waals surface area contributed by atoms with E-state index in [1.807, 2.05) is 6.08 Å². The molecular weight excluding hydrogens is 360 g/mol. The van der Waals surface area contributed by atoms with Crippen LogP contribution in [0.2, 0.25) is 0 Å². The summed E-state index contributed by atoms with van der Waals surface area (Å²) in [5.74, 6) is 3.71. The van der Waals surface area contributed by atoms with E-state index < -0.39 is 0 Å². The van der Waals surface area contributed by atoms with Gasteiger partial charge in [-0.05, 0) is 61.2 Å². The van der Waals surface area contributed by atoms with Gasteiger partial charge in [0.1, 0.15) is 0 Å². The van der Waals surface area contributed by atoms with E-state index in [1.54, 1.807) is 0 Å². The van der Waals surface area contributed by atoms with Crippen LogP contribution in [-0.4, -0.2) is 0 Å². The van der Waals surface area contributed by atoms with Crippen LogP contribution in [0, 0.1) is 29.1 Å². The van der Waals surface area contributed by atoms with Crippen LogP contribution >= 0.6 is 0 Å². The van der Waals surface area contributed by atoms with Gasteiger partial charge in [0.25, 0.3) is 0 Å². The largest absolute Gasteiger partial charge is 0.0991 e. The molecule has 0 aromatic rings. The number of allylic oxidation sites excluding steroid dienone is 3. The monoisotopic (exact) mass is 416 g/mol. The topological polar surface area (TPSA) is 0 Å². The Morgan fingerprint density at radius 1 is 0.900 bits per heavy atom. The zero-order valence-electron chi connectivity index (χ0n) is 21.6. The summed E-state index contributed by atoms with van der Waals surface area (Å²) in [6.07, 6.45) is 29.1. The molecule has 0 heteroatoms. The minimum Gasteiger partial charge on any atom is -0.0991 e. The number of hydrogen-bond acceptors (Lipinski definition) is 0. The van der Waals surface area contributed by atoms with E-state index in [0.29, 0.717) is 5.41 Å². The van der Waals surface area contributed by atoms with Crippen LogP contribution in [0.15, 0.2) is 24.8 Å². The highest BCUT2D eigenvalue weighted by Gasteiger charge is 2.38. The Morgan fingerprint density at radius 2 is 1.50 bits per heavy atom. The van der Waals surface area contributed by atoms with Gasteiger partial charge in [-0.15, -0.1) is 0 Å². The Labute approximate surface area is 191 Å². The van der Waals surface area contributed by atoms with Gasteiger partial charge < -0.3 is 0 Å². The van der Waals surface area contributed by atoms with Gasteiger partial charge >= 0.3 is 0 Å². The van der Waals surface area contributed by atoms with E-state index in [2.05, 4.69) is 53.3 Å². The minimum atomic E-state index is 0.631. The highest BCUT2D eigenvalue weighted by atomic mass is 14.4. The molecule has 0 N–H and O–H groups in total. The third-order valence-electron chi connectivity index (χ3n) is 8.31. The van der Waals surface area contributed by atoms with Crippen molar-refractivity contribution in [2.45, 2.75) is 137 Å². The van der Waals surface area contributed by atoms with Crippen molar-refractivity contribution >= 4 is 0 Å². The van der Waals surface area contributed by atoms with Crippen LogP contribution in [-0.2, 0) is 0 Å². The zero-order chi connectivity index (χ0) is 22.2. The second kappa shape index (κ2) is 16.2. The van der Waals surface area contributed by atoms with E-state index in [-0.39, 0.29) is 0 Å². The Morgan fingerprint density at radius 3 is 2.10 bits per heavy atom. The smallest absolute Gasteiger partial charge is 0.0320 e. The summed E-state index contributed by atoms with van der Waals surface area (Å²) in [4.78, 5) is 0. The molecule has 1 saturated carbocycles. The lowest BCUT2D eigenvalue weighted by Crippen LogP contribution is -2.35. The van der Waals surface area contributed by atoms with Crippen LogP contribution in [0.25, 0.3) is 0 Å². The van der Waals surface area contributed by atoms with Gasteiger partial charge in [0.15, 0.2) is 0 Å². The average molecular weight is 417 g/mol. The number of rotatable bonds is 17. The van der Waals surface area contributed by atoms with Crippen molar-refractivity contribution in [3.05, 3.63) is 24.8 Å². The molecule has 0 bridgehead atoms. The van der Waals surface area contributed by atoms with Crippen molar-refractivity contribution < 1.29 is 0 Å². The van der Waals surface area contributed by atoms with Gasteiger partial charge in [0, 0.05) is 0 Å². The third kappa shape index (κ3) is 11.8. The lowest BCUT2D eigenvalue weighted by atomic mass is 9.60. The Balaban J connectivity index is 1.95. The molecule has 0 aromatic carbocycles. The molecule has 0 heterocycles. The molecule has 30 heavy (non-hydrogen) atoms. The van der Waals surface area contributed by atoms with Gasteiger partial charge in [-0.3, -0.25) is 0 Å². The molecule has 5 unspecified atom stereocenters. The fraction of sp³-hybridized carbons (Fsp3) is 0.867. The Bertz CT molecular complexity index is 447. The molecule has 1 aliphatic carbocycles. The molecule has 0 radical (unpaired) electrons. The fourth-order valence-corrected chi connectivity index (χ4v) is 6.05. The standard InChI is InChI=1S/C30H56/c1-7-9-10-18-21-26(3)22-19-16-14-12-11-13-15-17-20-23-30(6)24-27(4)28(5)29(8-2)25-30/h7,9-10,26-29H,1,8,11-25H2,2-6H3/b10-9-. The maximum Gasteiger partial charge on any atom is -0.0320 e. The summed E-state index contributed by atoms with van der Waals surface area (Å²) < 4.78 is 0. The summed E-state index contributed by atoms with van der Waals surface area (Å²) in [5, 5.41) is 0. The second-order valence-corrected chi connectivity index (χ2v) is 11.3. The van der Waals surface area contributed by atoms with Crippen molar-refractivity contribution in [1.82, 2.24) is 0 Å². The average Bonchev–Trinajstić information content (AvgIpc) is 2.72. The fourth-order valence-electron chi connectivity index (χ4n) is 6.05. The van der Waals surface area contributed by atoms with Gasteiger partial charge in [0.05, 0.1) is 0 Å². The molecule has 176 valence electrons. The highest BCUT2D eigenvalue weighted by Crippen LogP contribution is 2.49.